The number of nitrogens with one attached hydrogen (secondary N) is 1. The topological polar surface area (TPSA) is 136 Å². The molecule has 0 bridgehead atoms. The summed E-state index contributed by atoms with van der Waals surface area (Å²) >= 11 is 4.70. The first-order valence-electron chi connectivity index (χ1n) is 6.13. The largest absolute Gasteiger partial charge is 0.366 e. The molecule has 1 atom stereocenters. The Labute approximate surface area is 127 Å². The molecule has 21 heavy (non-hydrogen) atoms. The van der Waals surface area contributed by atoms with Crippen molar-refractivity contribution in [1.29, 1.82) is 0 Å². The van der Waals surface area contributed by atoms with Crippen molar-refractivity contribution in [2.24, 2.45) is 0 Å². The molecule has 122 valence electrons. The van der Waals surface area contributed by atoms with Crippen LogP contribution in [0, 0.1) is 0 Å². The SMILES string of the molecule is COC1CC(CCCC=S)=CC(P(=O)(O)O)(P(=O)(O)O)N1. The summed E-state index contributed by atoms with van der Waals surface area (Å²) in [6.07, 6.45) is 2.04. The molecule has 0 fully saturated rings. The van der Waals surface area contributed by atoms with Crippen LogP contribution >= 0.6 is 27.4 Å². The molecule has 0 saturated heterocycles. The van der Waals surface area contributed by atoms with Gasteiger partial charge in [-0.1, -0.05) is 17.8 Å². The Kier molecular flexibility index (Phi) is 6.44. The van der Waals surface area contributed by atoms with E-state index in [0.29, 0.717) is 24.8 Å². The number of methoxy groups -OCH3 is 1. The highest BCUT2D eigenvalue weighted by molar-refractivity contribution is 7.78. The van der Waals surface area contributed by atoms with Crippen molar-refractivity contribution in [3.63, 3.8) is 0 Å². The van der Waals surface area contributed by atoms with Gasteiger partial charge in [-0.3, -0.25) is 14.4 Å². The molecule has 5 N–H and O–H groups in total. The van der Waals surface area contributed by atoms with Gasteiger partial charge in [0.25, 0.3) is 0 Å². The number of ether oxygens (including phenoxy) is 1. The minimum absolute atomic E-state index is 0.287. The lowest BCUT2D eigenvalue weighted by molar-refractivity contribution is 0.0589. The number of thiocarbonyl (C=S) groups is 1. The van der Waals surface area contributed by atoms with Crippen LogP contribution in [0.2, 0.25) is 0 Å². The summed E-state index contributed by atoms with van der Waals surface area (Å²) in [5.74, 6) is 0. The average molecular weight is 359 g/mol. The van der Waals surface area contributed by atoms with E-state index in [2.05, 4.69) is 5.32 Å². The molecule has 1 aliphatic rings. The van der Waals surface area contributed by atoms with Gasteiger partial charge in [-0.2, -0.15) is 0 Å². The van der Waals surface area contributed by atoms with E-state index >= 15 is 0 Å². The molecule has 8 nitrogen and oxygen atoms in total. The predicted molar refractivity (Wildman–Crippen MR) is 81.0 cm³/mol. The summed E-state index contributed by atoms with van der Waals surface area (Å²) in [5, 5.41) is 1.06. The molecule has 1 unspecified atom stereocenters. The molecule has 0 aromatic carbocycles. The fourth-order valence-electron chi connectivity index (χ4n) is 2.15. The molecule has 1 aliphatic heterocycles. The molecule has 1 heterocycles. The van der Waals surface area contributed by atoms with E-state index < -0.39 is 26.4 Å². The number of hydrogen-bond donors (Lipinski definition) is 5. The van der Waals surface area contributed by atoms with Crippen LogP contribution in [0.25, 0.3) is 0 Å². The Morgan fingerprint density at radius 1 is 1.43 bits per heavy atom. The average Bonchev–Trinajstić information content (AvgIpc) is 2.36. The van der Waals surface area contributed by atoms with Gasteiger partial charge in [-0.15, -0.1) is 0 Å². The van der Waals surface area contributed by atoms with Gasteiger partial charge in [0.15, 0.2) is 0 Å². The van der Waals surface area contributed by atoms with Gasteiger partial charge in [0.2, 0.25) is 5.02 Å². The predicted octanol–water partition coefficient (Wildman–Crippen LogP) is 1.06. The number of unbranched alkanes of at least 4 members (excludes halogenated alkanes) is 1. The van der Waals surface area contributed by atoms with E-state index in [1.807, 2.05) is 0 Å². The van der Waals surface area contributed by atoms with Gasteiger partial charge >= 0.3 is 15.2 Å². The maximum absolute atomic E-state index is 11.7. The van der Waals surface area contributed by atoms with Crippen LogP contribution in [-0.2, 0) is 13.9 Å². The van der Waals surface area contributed by atoms with Crippen LogP contribution in [-0.4, -0.2) is 43.3 Å². The zero-order chi connectivity index (χ0) is 16.3. The molecular weight excluding hydrogens is 340 g/mol. The summed E-state index contributed by atoms with van der Waals surface area (Å²) in [6.45, 7) is 0. The Morgan fingerprint density at radius 2 is 2.00 bits per heavy atom. The molecule has 0 aliphatic carbocycles. The van der Waals surface area contributed by atoms with Crippen molar-refractivity contribution in [2.75, 3.05) is 7.11 Å². The van der Waals surface area contributed by atoms with Crippen molar-refractivity contribution < 1.29 is 33.4 Å². The lowest BCUT2D eigenvalue weighted by atomic mass is 10.0. The Hall–Kier alpha value is 0.0500. The van der Waals surface area contributed by atoms with E-state index in [9.17, 15) is 28.7 Å². The van der Waals surface area contributed by atoms with Gasteiger partial charge in [-0.05, 0) is 30.7 Å². The van der Waals surface area contributed by atoms with E-state index in [-0.39, 0.29) is 6.42 Å². The molecule has 0 aromatic rings. The maximum Gasteiger partial charge on any atom is 0.361 e. The summed E-state index contributed by atoms with van der Waals surface area (Å²) in [6, 6.07) is 0. The first-order chi connectivity index (χ1) is 9.57. The van der Waals surface area contributed by atoms with Gasteiger partial charge in [0, 0.05) is 13.5 Å². The van der Waals surface area contributed by atoms with Gasteiger partial charge in [0.05, 0.1) is 0 Å². The third kappa shape index (κ3) is 4.28. The highest BCUT2D eigenvalue weighted by Crippen LogP contribution is 2.69. The third-order valence-corrected chi connectivity index (χ3v) is 7.31. The zero-order valence-corrected chi connectivity index (χ0v) is 14.0. The summed E-state index contributed by atoms with van der Waals surface area (Å²) in [7, 11) is -9.07. The first-order valence-corrected chi connectivity index (χ1v) is 9.83. The minimum Gasteiger partial charge on any atom is -0.366 e. The molecule has 0 saturated carbocycles. The van der Waals surface area contributed by atoms with Crippen molar-refractivity contribution in [3.05, 3.63) is 11.6 Å². The van der Waals surface area contributed by atoms with Crippen LogP contribution in [0.5, 0.6) is 0 Å². The molecule has 0 spiro atoms. The molecule has 0 radical (unpaired) electrons. The second kappa shape index (κ2) is 7.08. The van der Waals surface area contributed by atoms with Crippen molar-refractivity contribution in [2.45, 2.75) is 36.9 Å². The molecular formula is C10H19NO7P2S. The molecule has 1 rings (SSSR count). The number of hydrogen-bond acceptors (Lipinski definition) is 5. The van der Waals surface area contributed by atoms with Crippen molar-refractivity contribution in [3.8, 4) is 0 Å². The zero-order valence-electron chi connectivity index (χ0n) is 11.4. The monoisotopic (exact) mass is 359 g/mol. The van der Waals surface area contributed by atoms with Crippen LogP contribution in [0.15, 0.2) is 11.6 Å². The van der Waals surface area contributed by atoms with Gasteiger partial charge in [0.1, 0.15) is 6.23 Å². The van der Waals surface area contributed by atoms with E-state index in [0.717, 1.165) is 6.08 Å². The quantitative estimate of drug-likeness (QED) is 0.196. The molecule has 0 amide bonds. The van der Waals surface area contributed by atoms with Crippen LogP contribution in [0.4, 0.5) is 0 Å². The second-order valence-corrected chi connectivity index (χ2v) is 9.02. The smallest absolute Gasteiger partial charge is 0.361 e. The highest BCUT2D eigenvalue weighted by atomic mass is 32.1. The standard InChI is InChI=1S/C10H19NO7P2S/c1-18-9-6-8(4-2-3-5-21)7-10(11-9,19(12,13)14)20(15,16)17/h5,7,9,11H,2-4,6H2,1H3,(H2,12,13,14)(H2,15,16,17). The molecule has 0 aromatic heterocycles. The van der Waals surface area contributed by atoms with E-state index in [1.165, 1.54) is 12.5 Å². The fourth-order valence-corrected chi connectivity index (χ4v) is 5.00. The first kappa shape index (κ1) is 19.1. The normalized spacial score (nSPS) is 22.7. The number of rotatable bonds is 7. The Balaban J connectivity index is 3.26. The second-order valence-electron chi connectivity index (χ2n) is 4.75. The van der Waals surface area contributed by atoms with Gasteiger partial charge in [-0.25, -0.2) is 0 Å². The van der Waals surface area contributed by atoms with Crippen LogP contribution in [0.1, 0.15) is 25.7 Å². The third-order valence-electron chi connectivity index (χ3n) is 3.22. The Bertz CT molecular complexity index is 490. The fraction of sp³-hybridized carbons (Fsp3) is 0.700. The van der Waals surface area contributed by atoms with Crippen molar-refractivity contribution in [1.82, 2.24) is 5.32 Å². The van der Waals surface area contributed by atoms with Crippen molar-refractivity contribution >= 4 is 32.8 Å². The summed E-state index contributed by atoms with van der Waals surface area (Å²) < 4.78 is 28.4. The Morgan fingerprint density at radius 3 is 2.43 bits per heavy atom. The van der Waals surface area contributed by atoms with E-state index in [4.69, 9.17) is 17.0 Å². The van der Waals surface area contributed by atoms with E-state index in [1.54, 1.807) is 0 Å². The van der Waals surface area contributed by atoms with Crippen LogP contribution in [0.3, 0.4) is 0 Å². The van der Waals surface area contributed by atoms with Crippen LogP contribution < -0.4 is 5.32 Å². The summed E-state index contributed by atoms with van der Waals surface area (Å²) in [4.78, 5) is 37.9. The molecule has 11 heteroatoms. The van der Waals surface area contributed by atoms with Gasteiger partial charge < -0.3 is 24.3 Å². The maximum atomic E-state index is 11.7. The highest BCUT2D eigenvalue weighted by Gasteiger charge is 2.61. The summed E-state index contributed by atoms with van der Waals surface area (Å²) in [5.41, 5.74) is 0.518. The minimum atomic E-state index is -5.18. The lowest BCUT2D eigenvalue weighted by Gasteiger charge is -2.40. The lowest BCUT2D eigenvalue weighted by Crippen LogP contribution is -2.52.